The van der Waals surface area contributed by atoms with Crippen LogP contribution >= 0.6 is 0 Å². The maximum atomic E-state index is 12.4. The third kappa shape index (κ3) is 3.78. The van der Waals surface area contributed by atoms with Crippen molar-refractivity contribution in [2.75, 3.05) is 0 Å². The third-order valence-electron chi connectivity index (χ3n) is 2.64. The molecule has 1 atom stereocenters. The van der Waals surface area contributed by atoms with Gasteiger partial charge in [-0.15, -0.1) is 10.2 Å². The zero-order valence-electron chi connectivity index (χ0n) is 9.88. The molecule has 0 aliphatic rings. The Bertz CT molecular complexity index is 508. The van der Waals surface area contributed by atoms with Crippen LogP contribution in [0, 0.1) is 0 Å². The van der Waals surface area contributed by atoms with Crippen molar-refractivity contribution >= 4 is 0 Å². The van der Waals surface area contributed by atoms with Gasteiger partial charge in [0, 0.05) is 6.42 Å². The van der Waals surface area contributed by atoms with E-state index < -0.39 is 17.8 Å². The van der Waals surface area contributed by atoms with E-state index in [9.17, 15) is 18.3 Å². The zero-order valence-corrected chi connectivity index (χ0v) is 9.88. The Labute approximate surface area is 107 Å². The second kappa shape index (κ2) is 5.40. The lowest BCUT2D eigenvalue weighted by molar-refractivity contribution is -0.137. The summed E-state index contributed by atoms with van der Waals surface area (Å²) in [6.07, 6.45) is -1.82. The monoisotopic (exact) mass is 271 g/mol. The first-order chi connectivity index (χ1) is 8.95. The summed E-state index contributed by atoms with van der Waals surface area (Å²) in [5, 5.41) is 17.0. The van der Waals surface area contributed by atoms with E-state index >= 15 is 0 Å². The van der Waals surface area contributed by atoms with Gasteiger partial charge in [0.1, 0.15) is 12.7 Å². The Balaban J connectivity index is 1.96. The van der Waals surface area contributed by atoms with E-state index in [1.807, 2.05) is 0 Å². The van der Waals surface area contributed by atoms with E-state index in [0.29, 0.717) is 12.1 Å². The maximum absolute atomic E-state index is 12.4. The van der Waals surface area contributed by atoms with Gasteiger partial charge < -0.3 is 9.67 Å². The fourth-order valence-corrected chi connectivity index (χ4v) is 1.73. The van der Waals surface area contributed by atoms with Crippen molar-refractivity contribution in [3.8, 4) is 0 Å². The van der Waals surface area contributed by atoms with Gasteiger partial charge in [0.25, 0.3) is 0 Å². The first-order valence-corrected chi connectivity index (χ1v) is 5.62. The van der Waals surface area contributed by atoms with Gasteiger partial charge in [0.2, 0.25) is 0 Å². The summed E-state index contributed by atoms with van der Waals surface area (Å²) in [4.78, 5) is 0. The van der Waals surface area contributed by atoms with Gasteiger partial charge in [-0.2, -0.15) is 13.2 Å². The minimum Gasteiger partial charge on any atom is -0.391 e. The van der Waals surface area contributed by atoms with Crippen LogP contribution in [-0.2, 0) is 19.1 Å². The molecule has 1 heterocycles. The van der Waals surface area contributed by atoms with Crippen LogP contribution in [0.25, 0.3) is 0 Å². The van der Waals surface area contributed by atoms with Crippen molar-refractivity contribution in [1.82, 2.24) is 14.8 Å². The second-order valence-electron chi connectivity index (χ2n) is 4.21. The first kappa shape index (κ1) is 13.5. The Kier molecular flexibility index (Phi) is 3.84. The SMILES string of the molecule is O[C@@H](Cc1ccc(C(F)(F)F)cc1)Cn1cnnc1. The van der Waals surface area contributed by atoms with E-state index in [1.54, 1.807) is 4.57 Å². The number of aliphatic hydroxyl groups excluding tert-OH is 1. The molecule has 1 N–H and O–H groups in total. The topological polar surface area (TPSA) is 50.9 Å². The van der Waals surface area contributed by atoms with E-state index in [4.69, 9.17) is 0 Å². The molecule has 2 aromatic rings. The van der Waals surface area contributed by atoms with Crippen LogP contribution in [0.1, 0.15) is 11.1 Å². The van der Waals surface area contributed by atoms with Crippen molar-refractivity contribution in [2.24, 2.45) is 0 Å². The van der Waals surface area contributed by atoms with Crippen molar-refractivity contribution in [2.45, 2.75) is 25.2 Å². The summed E-state index contributed by atoms with van der Waals surface area (Å²) in [6, 6.07) is 4.78. The van der Waals surface area contributed by atoms with E-state index in [1.165, 1.54) is 24.8 Å². The fraction of sp³-hybridized carbons (Fsp3) is 0.333. The standard InChI is InChI=1S/C12H12F3N3O/c13-12(14,15)10-3-1-9(2-4-10)5-11(19)6-18-7-16-17-8-18/h1-4,7-8,11,19H,5-6H2/t11-/m0/s1. The second-order valence-corrected chi connectivity index (χ2v) is 4.21. The van der Waals surface area contributed by atoms with Crippen LogP contribution in [0.3, 0.4) is 0 Å². The Morgan fingerprint density at radius 2 is 1.68 bits per heavy atom. The molecule has 0 fully saturated rings. The summed E-state index contributed by atoms with van der Waals surface area (Å²) in [7, 11) is 0. The number of rotatable bonds is 4. The largest absolute Gasteiger partial charge is 0.416 e. The number of halogens is 3. The van der Waals surface area contributed by atoms with E-state index in [0.717, 1.165) is 12.1 Å². The highest BCUT2D eigenvalue weighted by Gasteiger charge is 2.29. The molecule has 1 aromatic heterocycles. The molecule has 0 amide bonds. The number of aromatic nitrogens is 3. The minimum atomic E-state index is -4.33. The number of hydrogen-bond donors (Lipinski definition) is 1. The number of hydrogen-bond acceptors (Lipinski definition) is 3. The van der Waals surface area contributed by atoms with Gasteiger partial charge in [0.15, 0.2) is 0 Å². The molecule has 0 saturated carbocycles. The van der Waals surface area contributed by atoms with Crippen LogP contribution in [0.15, 0.2) is 36.9 Å². The molecule has 102 valence electrons. The van der Waals surface area contributed by atoms with Crippen molar-refractivity contribution in [3.63, 3.8) is 0 Å². The van der Waals surface area contributed by atoms with Crippen LogP contribution in [0.5, 0.6) is 0 Å². The molecule has 0 aliphatic heterocycles. The predicted octanol–water partition coefficient (Wildman–Crippen LogP) is 1.90. The number of alkyl halides is 3. The molecule has 1 aromatic carbocycles. The van der Waals surface area contributed by atoms with Gasteiger partial charge in [-0.05, 0) is 17.7 Å². The summed E-state index contributed by atoms with van der Waals surface area (Å²) in [5.41, 5.74) is -0.0434. The number of aliphatic hydroxyl groups is 1. The van der Waals surface area contributed by atoms with Crippen LogP contribution < -0.4 is 0 Å². The van der Waals surface area contributed by atoms with Gasteiger partial charge in [0.05, 0.1) is 18.2 Å². The highest BCUT2D eigenvalue weighted by atomic mass is 19.4. The molecule has 0 aliphatic carbocycles. The molecular weight excluding hydrogens is 259 g/mol. The highest BCUT2D eigenvalue weighted by Crippen LogP contribution is 2.29. The van der Waals surface area contributed by atoms with Gasteiger partial charge >= 0.3 is 6.18 Å². The molecule has 19 heavy (non-hydrogen) atoms. The van der Waals surface area contributed by atoms with Gasteiger partial charge in [-0.1, -0.05) is 12.1 Å². The number of nitrogens with zero attached hydrogens (tertiary/aromatic N) is 3. The average molecular weight is 271 g/mol. The quantitative estimate of drug-likeness (QED) is 0.924. The zero-order chi connectivity index (χ0) is 13.9. The summed E-state index contributed by atoms with van der Waals surface area (Å²) in [5.74, 6) is 0. The van der Waals surface area contributed by atoms with Crippen molar-refractivity contribution in [3.05, 3.63) is 48.0 Å². The Morgan fingerprint density at radius 3 is 2.21 bits per heavy atom. The lowest BCUT2D eigenvalue weighted by Gasteiger charge is -2.12. The van der Waals surface area contributed by atoms with Crippen molar-refractivity contribution in [1.29, 1.82) is 0 Å². The molecule has 0 radical (unpaired) electrons. The summed E-state index contributed by atoms with van der Waals surface area (Å²) < 4.78 is 38.7. The first-order valence-electron chi connectivity index (χ1n) is 5.62. The lowest BCUT2D eigenvalue weighted by Crippen LogP contribution is -2.17. The molecule has 7 heteroatoms. The average Bonchev–Trinajstić information content (AvgIpc) is 2.81. The lowest BCUT2D eigenvalue weighted by atomic mass is 10.1. The molecular formula is C12H12F3N3O. The molecule has 0 spiro atoms. The molecule has 0 bridgehead atoms. The molecule has 0 saturated heterocycles. The van der Waals surface area contributed by atoms with Gasteiger partial charge in [-0.25, -0.2) is 0 Å². The van der Waals surface area contributed by atoms with E-state index in [-0.39, 0.29) is 6.42 Å². The van der Waals surface area contributed by atoms with Crippen molar-refractivity contribution < 1.29 is 18.3 Å². The number of benzene rings is 1. The molecule has 4 nitrogen and oxygen atoms in total. The van der Waals surface area contributed by atoms with Gasteiger partial charge in [-0.3, -0.25) is 0 Å². The predicted molar refractivity (Wildman–Crippen MR) is 61.2 cm³/mol. The smallest absolute Gasteiger partial charge is 0.391 e. The molecule has 0 unspecified atom stereocenters. The van der Waals surface area contributed by atoms with Crippen LogP contribution in [-0.4, -0.2) is 26.0 Å². The maximum Gasteiger partial charge on any atom is 0.416 e. The Morgan fingerprint density at radius 1 is 1.11 bits per heavy atom. The van der Waals surface area contributed by atoms with E-state index in [2.05, 4.69) is 10.2 Å². The third-order valence-corrected chi connectivity index (χ3v) is 2.64. The fourth-order valence-electron chi connectivity index (χ4n) is 1.73. The van der Waals surface area contributed by atoms with Crippen LogP contribution in [0.4, 0.5) is 13.2 Å². The summed E-state index contributed by atoms with van der Waals surface area (Å²) in [6.45, 7) is 0.300. The Hall–Kier alpha value is -1.89. The normalized spacial score (nSPS) is 13.5. The minimum absolute atomic E-state index is 0.274. The summed E-state index contributed by atoms with van der Waals surface area (Å²) >= 11 is 0. The molecule has 2 rings (SSSR count). The van der Waals surface area contributed by atoms with Crippen LogP contribution in [0.2, 0.25) is 0 Å². The highest BCUT2D eigenvalue weighted by molar-refractivity contribution is 5.25.